The van der Waals surface area contributed by atoms with E-state index in [-0.39, 0.29) is 5.91 Å². The van der Waals surface area contributed by atoms with Crippen LogP contribution in [0, 0.1) is 13.8 Å². The monoisotopic (exact) mass is 384 g/mol. The first-order valence-corrected chi connectivity index (χ1v) is 9.92. The molecule has 8 nitrogen and oxygen atoms in total. The predicted molar refractivity (Wildman–Crippen MR) is 103 cm³/mol. The Bertz CT molecular complexity index is 951. The molecule has 1 aliphatic rings. The molecule has 0 aliphatic carbocycles. The van der Waals surface area contributed by atoms with E-state index in [1.807, 2.05) is 47.5 Å². The number of piperazine rings is 1. The summed E-state index contributed by atoms with van der Waals surface area (Å²) < 4.78 is 1.90. The number of amides is 1. The van der Waals surface area contributed by atoms with E-state index in [2.05, 4.69) is 31.1 Å². The lowest BCUT2D eigenvalue weighted by atomic mass is 10.3. The summed E-state index contributed by atoms with van der Waals surface area (Å²) in [6, 6.07) is 8.03. The number of nitrogens with zero attached hydrogens (tertiary/aromatic N) is 6. The van der Waals surface area contributed by atoms with Gasteiger partial charge in [-0.1, -0.05) is 17.8 Å². The molecule has 0 radical (unpaired) electrons. The van der Waals surface area contributed by atoms with Gasteiger partial charge in [-0.25, -0.2) is 9.97 Å². The summed E-state index contributed by atoms with van der Waals surface area (Å²) in [5.74, 6) is 2.15. The Morgan fingerprint density at radius 2 is 2.00 bits per heavy atom. The second kappa shape index (κ2) is 7.51. The number of hydrogen-bond donors (Lipinski definition) is 0. The van der Waals surface area contributed by atoms with Gasteiger partial charge in [-0.2, -0.15) is 0 Å². The molecule has 4 rings (SSSR count). The summed E-state index contributed by atoms with van der Waals surface area (Å²) in [4.78, 5) is 24.4. The van der Waals surface area contributed by atoms with Gasteiger partial charge in [-0.15, -0.1) is 10.2 Å². The van der Waals surface area contributed by atoms with Crippen molar-refractivity contribution in [2.45, 2.75) is 19.0 Å². The van der Waals surface area contributed by atoms with Gasteiger partial charge in [0.1, 0.15) is 13.1 Å². The smallest absolute Gasteiger partial charge is 0.274 e. The van der Waals surface area contributed by atoms with Crippen molar-refractivity contribution in [1.82, 2.24) is 24.5 Å². The zero-order chi connectivity index (χ0) is 18.8. The van der Waals surface area contributed by atoms with Gasteiger partial charge in [0.25, 0.3) is 11.6 Å². The minimum atomic E-state index is 0.131. The number of pyridine rings is 1. The lowest BCUT2D eigenvalue weighted by Crippen LogP contribution is -2.50. The van der Waals surface area contributed by atoms with E-state index in [1.165, 1.54) is 11.8 Å². The number of thioether (sulfide) groups is 1. The molecular weight excluding hydrogens is 362 g/mol. The maximum absolute atomic E-state index is 12.6. The molecule has 1 fully saturated rings. The molecule has 9 heteroatoms. The standard InChI is InChI=1S/C18H21N7OS/c1-13-11-14(2)25-17(20-13)21-22-18(25)27-12-16(26)24-9-7-23(8-10-24)15-5-3-4-6-19-15/h3-6,11H,7-10,12H2,1-2H3/p+1. The molecule has 140 valence electrons. The van der Waals surface area contributed by atoms with E-state index >= 15 is 0 Å². The summed E-state index contributed by atoms with van der Waals surface area (Å²) in [7, 11) is 0. The number of rotatable bonds is 4. The van der Waals surface area contributed by atoms with Crippen LogP contribution in [0.25, 0.3) is 5.78 Å². The van der Waals surface area contributed by atoms with Crippen LogP contribution >= 0.6 is 11.8 Å². The Kier molecular flexibility index (Phi) is 4.93. The number of hydrogen-bond acceptors (Lipinski definition) is 6. The van der Waals surface area contributed by atoms with E-state index < -0.39 is 0 Å². The average Bonchev–Trinajstić information content (AvgIpc) is 3.10. The van der Waals surface area contributed by atoms with Gasteiger partial charge in [-0.3, -0.25) is 14.1 Å². The summed E-state index contributed by atoms with van der Waals surface area (Å²) in [5.41, 5.74) is 1.93. The minimum absolute atomic E-state index is 0.131. The van der Waals surface area contributed by atoms with E-state index in [0.717, 1.165) is 43.4 Å². The Labute approximate surface area is 161 Å². The number of nitrogens with one attached hydrogen (secondary N) is 1. The van der Waals surface area contributed by atoms with Gasteiger partial charge in [-0.05, 0) is 26.0 Å². The lowest BCUT2D eigenvalue weighted by Gasteiger charge is -2.30. The second-order valence-corrected chi connectivity index (χ2v) is 7.50. The SMILES string of the molecule is Cc1cc(C)n2c(SCC(=O)N3CCN(c4cccc[nH+]4)CC3)nnc2n1. The fourth-order valence-electron chi connectivity index (χ4n) is 3.29. The molecule has 0 bridgehead atoms. The molecular formula is C18H22N7OS+. The molecule has 1 amide bonds. The van der Waals surface area contributed by atoms with Crippen molar-refractivity contribution < 1.29 is 9.78 Å². The van der Waals surface area contributed by atoms with Crippen molar-refractivity contribution in [3.8, 4) is 0 Å². The zero-order valence-corrected chi connectivity index (χ0v) is 16.2. The topological polar surface area (TPSA) is 80.8 Å². The molecule has 0 atom stereocenters. The molecule has 3 aromatic rings. The highest BCUT2D eigenvalue weighted by molar-refractivity contribution is 7.99. The number of fused-ring (bicyclic) bond motifs is 1. The van der Waals surface area contributed by atoms with E-state index in [1.54, 1.807) is 0 Å². The van der Waals surface area contributed by atoms with Crippen LogP contribution in [0.1, 0.15) is 11.4 Å². The van der Waals surface area contributed by atoms with Gasteiger partial charge >= 0.3 is 0 Å². The molecule has 1 saturated heterocycles. The van der Waals surface area contributed by atoms with E-state index in [9.17, 15) is 4.79 Å². The molecule has 0 aromatic carbocycles. The van der Waals surface area contributed by atoms with Gasteiger partial charge in [0, 0.05) is 17.5 Å². The average molecular weight is 384 g/mol. The summed E-state index contributed by atoms with van der Waals surface area (Å²) >= 11 is 1.41. The summed E-state index contributed by atoms with van der Waals surface area (Å²) in [5, 5.41) is 9.03. The third-order valence-corrected chi connectivity index (χ3v) is 5.57. The van der Waals surface area contributed by atoms with Crippen LogP contribution in [-0.4, -0.2) is 62.3 Å². The van der Waals surface area contributed by atoms with Crippen molar-refractivity contribution in [1.29, 1.82) is 0 Å². The number of aromatic nitrogens is 5. The normalized spacial score (nSPS) is 14.7. The van der Waals surface area contributed by atoms with Gasteiger partial charge in [0.05, 0.1) is 25.0 Å². The Balaban J connectivity index is 1.35. The first kappa shape index (κ1) is 17.7. The van der Waals surface area contributed by atoms with Gasteiger partial charge in [0.15, 0.2) is 5.16 Å². The minimum Gasteiger partial charge on any atom is -0.334 e. The Morgan fingerprint density at radius 1 is 1.19 bits per heavy atom. The number of aromatic amines is 1. The highest BCUT2D eigenvalue weighted by Gasteiger charge is 2.26. The number of carbonyl (C=O) groups is 1. The van der Waals surface area contributed by atoms with Crippen LogP contribution in [0.4, 0.5) is 5.82 Å². The highest BCUT2D eigenvalue weighted by Crippen LogP contribution is 2.19. The second-order valence-electron chi connectivity index (χ2n) is 6.56. The van der Waals surface area contributed by atoms with Gasteiger partial charge < -0.3 is 4.90 Å². The lowest BCUT2D eigenvalue weighted by molar-refractivity contribution is -0.364. The predicted octanol–water partition coefficient (Wildman–Crippen LogP) is 0.996. The van der Waals surface area contributed by atoms with E-state index in [4.69, 9.17) is 0 Å². The first-order chi connectivity index (χ1) is 13.1. The maximum Gasteiger partial charge on any atom is 0.274 e. The van der Waals surface area contributed by atoms with Crippen LogP contribution in [-0.2, 0) is 4.79 Å². The largest absolute Gasteiger partial charge is 0.334 e. The number of anilines is 1. The third-order valence-electron chi connectivity index (χ3n) is 4.65. The molecule has 27 heavy (non-hydrogen) atoms. The number of H-pyrrole nitrogens is 1. The number of aryl methyl sites for hydroxylation is 2. The fraction of sp³-hybridized carbons (Fsp3) is 0.389. The number of carbonyl (C=O) groups excluding carboxylic acids is 1. The van der Waals surface area contributed by atoms with Crippen molar-refractivity contribution in [3.63, 3.8) is 0 Å². The Morgan fingerprint density at radius 3 is 2.74 bits per heavy atom. The molecule has 4 heterocycles. The van der Waals surface area contributed by atoms with Crippen LogP contribution in [0.2, 0.25) is 0 Å². The van der Waals surface area contributed by atoms with Crippen LogP contribution in [0.5, 0.6) is 0 Å². The molecule has 1 N–H and O–H groups in total. The van der Waals surface area contributed by atoms with E-state index in [0.29, 0.717) is 16.7 Å². The van der Waals surface area contributed by atoms with Gasteiger partial charge in [0.2, 0.25) is 5.91 Å². The highest BCUT2D eigenvalue weighted by atomic mass is 32.2. The summed E-state index contributed by atoms with van der Waals surface area (Å²) in [6.07, 6.45) is 1.92. The molecule has 0 unspecified atom stereocenters. The zero-order valence-electron chi connectivity index (χ0n) is 15.4. The van der Waals surface area contributed by atoms with Crippen molar-refractivity contribution in [2.75, 3.05) is 36.8 Å². The van der Waals surface area contributed by atoms with Crippen LogP contribution < -0.4 is 9.88 Å². The van der Waals surface area contributed by atoms with Crippen LogP contribution in [0.3, 0.4) is 0 Å². The molecule has 0 saturated carbocycles. The summed E-state index contributed by atoms with van der Waals surface area (Å²) in [6.45, 7) is 7.03. The van der Waals surface area contributed by atoms with Crippen molar-refractivity contribution in [3.05, 3.63) is 41.9 Å². The van der Waals surface area contributed by atoms with Crippen molar-refractivity contribution >= 4 is 29.3 Å². The Hall–Kier alpha value is -2.68. The molecule has 0 spiro atoms. The molecule has 1 aliphatic heterocycles. The van der Waals surface area contributed by atoms with Crippen LogP contribution in [0.15, 0.2) is 35.6 Å². The first-order valence-electron chi connectivity index (χ1n) is 8.93. The fourth-order valence-corrected chi connectivity index (χ4v) is 4.18. The van der Waals surface area contributed by atoms with Crippen molar-refractivity contribution in [2.24, 2.45) is 0 Å². The third kappa shape index (κ3) is 3.73. The molecule has 3 aromatic heterocycles. The quantitative estimate of drug-likeness (QED) is 0.624. The maximum atomic E-state index is 12.6.